The van der Waals surface area contributed by atoms with E-state index in [2.05, 4.69) is 15.9 Å². The zero-order chi connectivity index (χ0) is 13.2. The first kappa shape index (κ1) is 13.8. The monoisotopic (exact) mass is 333 g/mol. The lowest BCUT2D eigenvalue weighted by Gasteiger charge is -2.24. The molecule has 2 rings (SSSR count). The Morgan fingerprint density at radius 1 is 1.22 bits per heavy atom. The topological polar surface area (TPSA) is 69.4 Å². The molecule has 0 amide bonds. The van der Waals surface area contributed by atoms with Gasteiger partial charge in [0, 0.05) is 4.47 Å². The van der Waals surface area contributed by atoms with Gasteiger partial charge in [0.1, 0.15) is 10.6 Å². The highest BCUT2D eigenvalue weighted by atomic mass is 79.9. The van der Waals surface area contributed by atoms with Crippen molar-refractivity contribution in [2.45, 2.75) is 43.1 Å². The Morgan fingerprint density at radius 2 is 1.89 bits per heavy atom. The van der Waals surface area contributed by atoms with Crippen LogP contribution in [0.4, 0.5) is 0 Å². The highest BCUT2D eigenvalue weighted by Crippen LogP contribution is 2.30. The summed E-state index contributed by atoms with van der Waals surface area (Å²) in [6, 6.07) is 4.78. The van der Waals surface area contributed by atoms with Crippen molar-refractivity contribution >= 4 is 26.0 Å². The van der Waals surface area contributed by atoms with Gasteiger partial charge < -0.3 is 4.74 Å². The summed E-state index contributed by atoms with van der Waals surface area (Å²) in [5.41, 5.74) is 0. The minimum absolute atomic E-state index is 0.0521. The number of rotatable bonds is 3. The normalized spacial score (nSPS) is 17.7. The predicted molar refractivity (Wildman–Crippen MR) is 73.0 cm³/mol. The van der Waals surface area contributed by atoms with Crippen LogP contribution < -0.4 is 9.88 Å². The summed E-state index contributed by atoms with van der Waals surface area (Å²) in [6.45, 7) is 0. The van der Waals surface area contributed by atoms with Crippen molar-refractivity contribution < 1.29 is 13.2 Å². The molecule has 1 aliphatic rings. The average Bonchev–Trinajstić information content (AvgIpc) is 2.28. The Hall–Kier alpha value is -0.590. The molecule has 4 nitrogen and oxygen atoms in total. The molecule has 0 aliphatic heterocycles. The van der Waals surface area contributed by atoms with Crippen LogP contribution in [0.5, 0.6) is 5.75 Å². The van der Waals surface area contributed by atoms with E-state index in [1.165, 1.54) is 12.5 Å². The number of halogens is 1. The van der Waals surface area contributed by atoms with Gasteiger partial charge in [0.05, 0.1) is 6.10 Å². The van der Waals surface area contributed by atoms with Crippen molar-refractivity contribution in [3.63, 3.8) is 0 Å². The minimum atomic E-state index is -3.75. The smallest absolute Gasteiger partial charge is 0.241 e. The molecule has 18 heavy (non-hydrogen) atoms. The first-order valence-corrected chi connectivity index (χ1v) is 8.30. The molecular weight excluding hydrogens is 318 g/mol. The van der Waals surface area contributed by atoms with Crippen molar-refractivity contribution in [3.8, 4) is 5.75 Å². The number of ether oxygens (including phenoxy) is 1. The zero-order valence-electron chi connectivity index (χ0n) is 9.93. The maximum absolute atomic E-state index is 11.5. The quantitative estimate of drug-likeness (QED) is 0.924. The molecule has 0 atom stereocenters. The van der Waals surface area contributed by atoms with Crippen LogP contribution in [0.15, 0.2) is 27.6 Å². The third-order valence-corrected chi connectivity index (χ3v) is 4.50. The summed E-state index contributed by atoms with van der Waals surface area (Å²) in [6.07, 6.45) is 5.51. The van der Waals surface area contributed by atoms with E-state index in [9.17, 15) is 8.42 Å². The lowest BCUT2D eigenvalue weighted by atomic mass is 9.98. The number of hydrogen-bond acceptors (Lipinski definition) is 3. The van der Waals surface area contributed by atoms with Gasteiger partial charge in [0.15, 0.2) is 0 Å². The third kappa shape index (κ3) is 3.46. The van der Waals surface area contributed by atoms with Crippen LogP contribution in [-0.2, 0) is 10.0 Å². The molecular formula is C12H16BrNO3S. The zero-order valence-corrected chi connectivity index (χ0v) is 12.3. The largest absolute Gasteiger partial charge is 0.489 e. The van der Waals surface area contributed by atoms with Gasteiger partial charge in [-0.3, -0.25) is 0 Å². The van der Waals surface area contributed by atoms with Crippen LogP contribution >= 0.6 is 15.9 Å². The summed E-state index contributed by atoms with van der Waals surface area (Å²) in [5.74, 6) is 0.346. The van der Waals surface area contributed by atoms with E-state index in [1.807, 2.05) is 0 Å². The molecule has 100 valence electrons. The van der Waals surface area contributed by atoms with Crippen LogP contribution in [0.25, 0.3) is 0 Å². The van der Waals surface area contributed by atoms with E-state index in [0.29, 0.717) is 5.75 Å². The highest BCUT2D eigenvalue weighted by molar-refractivity contribution is 9.10. The van der Waals surface area contributed by atoms with Crippen molar-refractivity contribution in [1.82, 2.24) is 0 Å². The summed E-state index contributed by atoms with van der Waals surface area (Å²) in [5, 5.41) is 5.19. The van der Waals surface area contributed by atoms with Crippen LogP contribution in [0.3, 0.4) is 0 Å². The van der Waals surface area contributed by atoms with E-state index >= 15 is 0 Å². The SMILES string of the molecule is NS(=O)(=O)c1ccc(Br)cc1OC1CCCCC1. The maximum atomic E-state index is 11.5. The molecule has 1 aromatic carbocycles. The lowest BCUT2D eigenvalue weighted by molar-refractivity contribution is 0.151. The summed E-state index contributed by atoms with van der Waals surface area (Å²) >= 11 is 3.31. The van der Waals surface area contributed by atoms with E-state index < -0.39 is 10.0 Å². The molecule has 0 heterocycles. The van der Waals surface area contributed by atoms with Crippen molar-refractivity contribution in [2.75, 3.05) is 0 Å². The Bertz CT molecular complexity index is 524. The van der Waals surface area contributed by atoms with E-state index in [0.717, 1.165) is 30.2 Å². The molecule has 1 fully saturated rings. The highest BCUT2D eigenvalue weighted by Gasteiger charge is 2.20. The number of hydrogen-bond donors (Lipinski definition) is 1. The minimum Gasteiger partial charge on any atom is -0.489 e. The first-order valence-electron chi connectivity index (χ1n) is 5.96. The Morgan fingerprint density at radius 3 is 2.50 bits per heavy atom. The molecule has 0 aromatic heterocycles. The first-order chi connectivity index (χ1) is 8.47. The predicted octanol–water partition coefficient (Wildman–Crippen LogP) is 2.81. The van der Waals surface area contributed by atoms with Crippen molar-refractivity contribution in [1.29, 1.82) is 0 Å². The van der Waals surface area contributed by atoms with Crippen LogP contribution in [-0.4, -0.2) is 14.5 Å². The standard InChI is InChI=1S/C12H16BrNO3S/c13-9-6-7-12(18(14,15)16)11(8-9)17-10-4-2-1-3-5-10/h6-8,10H,1-5H2,(H2,14,15,16). The van der Waals surface area contributed by atoms with Gasteiger partial charge in [-0.25, -0.2) is 13.6 Å². The van der Waals surface area contributed by atoms with Crippen LogP contribution in [0.1, 0.15) is 32.1 Å². The molecule has 1 aromatic rings. The summed E-state index contributed by atoms with van der Waals surface area (Å²) in [4.78, 5) is 0.0521. The van der Waals surface area contributed by atoms with E-state index in [1.54, 1.807) is 12.1 Å². The second-order valence-corrected chi connectivity index (χ2v) is 6.96. The fraction of sp³-hybridized carbons (Fsp3) is 0.500. The number of nitrogens with two attached hydrogens (primary N) is 1. The van der Waals surface area contributed by atoms with Crippen LogP contribution in [0, 0.1) is 0 Å². The molecule has 6 heteroatoms. The molecule has 1 saturated carbocycles. The van der Waals surface area contributed by atoms with Crippen molar-refractivity contribution in [3.05, 3.63) is 22.7 Å². The van der Waals surface area contributed by atoms with Gasteiger partial charge in [-0.2, -0.15) is 0 Å². The second-order valence-electron chi connectivity index (χ2n) is 4.51. The maximum Gasteiger partial charge on any atom is 0.241 e. The van der Waals surface area contributed by atoms with Gasteiger partial charge >= 0.3 is 0 Å². The van der Waals surface area contributed by atoms with Gasteiger partial charge in [0.2, 0.25) is 10.0 Å². The molecule has 0 spiro atoms. The van der Waals surface area contributed by atoms with Gasteiger partial charge in [-0.15, -0.1) is 0 Å². The fourth-order valence-electron chi connectivity index (χ4n) is 2.17. The molecule has 2 N–H and O–H groups in total. The molecule has 0 bridgehead atoms. The van der Waals surface area contributed by atoms with E-state index in [4.69, 9.17) is 9.88 Å². The van der Waals surface area contributed by atoms with Crippen LogP contribution in [0.2, 0.25) is 0 Å². The lowest BCUT2D eigenvalue weighted by Crippen LogP contribution is -2.22. The second kappa shape index (κ2) is 5.59. The summed E-state index contributed by atoms with van der Waals surface area (Å²) in [7, 11) is -3.75. The Labute approximate surface area is 116 Å². The van der Waals surface area contributed by atoms with Gasteiger partial charge in [-0.05, 0) is 43.9 Å². The van der Waals surface area contributed by atoms with Gasteiger partial charge in [-0.1, -0.05) is 22.4 Å². The molecule has 1 aliphatic carbocycles. The number of sulfonamides is 1. The Kier molecular flexibility index (Phi) is 4.29. The van der Waals surface area contributed by atoms with E-state index in [-0.39, 0.29) is 11.0 Å². The molecule has 0 unspecified atom stereocenters. The Balaban J connectivity index is 2.27. The molecule has 0 radical (unpaired) electrons. The van der Waals surface area contributed by atoms with Gasteiger partial charge in [0.25, 0.3) is 0 Å². The molecule has 0 saturated heterocycles. The fourth-order valence-corrected chi connectivity index (χ4v) is 3.16. The van der Waals surface area contributed by atoms with Crippen molar-refractivity contribution in [2.24, 2.45) is 5.14 Å². The number of primary sulfonamides is 1. The third-order valence-electron chi connectivity index (χ3n) is 3.06. The summed E-state index contributed by atoms with van der Waals surface area (Å²) < 4.78 is 29.6. The average molecular weight is 334 g/mol. The number of benzene rings is 1.